The van der Waals surface area contributed by atoms with Crippen molar-refractivity contribution in [2.75, 3.05) is 54.1 Å². The Kier molecular flexibility index (Phi) is 12.1. The molecule has 1 saturated heterocycles. The number of carbonyl (C=O) groups is 1. The SMILES string of the molecule is CN=C(NCCCCCC(=O)OC)N1CCC(OCCCOC)CC1. The lowest BCUT2D eigenvalue weighted by Gasteiger charge is -2.34. The third-order valence-electron chi connectivity index (χ3n) is 4.37. The molecule has 1 aliphatic heterocycles. The molecule has 1 fully saturated rings. The Morgan fingerprint density at radius 2 is 1.88 bits per heavy atom. The largest absolute Gasteiger partial charge is 0.469 e. The number of carbonyl (C=O) groups excluding carboxylic acids is 1. The number of hydrogen-bond donors (Lipinski definition) is 1. The molecule has 7 nitrogen and oxygen atoms in total. The highest BCUT2D eigenvalue weighted by Gasteiger charge is 2.21. The van der Waals surface area contributed by atoms with Crippen LogP contribution in [0.15, 0.2) is 4.99 Å². The second-order valence-corrected chi connectivity index (χ2v) is 6.26. The zero-order valence-corrected chi connectivity index (χ0v) is 16.1. The lowest BCUT2D eigenvalue weighted by atomic mass is 10.1. The van der Waals surface area contributed by atoms with Crippen LogP contribution in [0, 0.1) is 0 Å². The summed E-state index contributed by atoms with van der Waals surface area (Å²) in [7, 11) is 4.98. The molecule has 0 atom stereocenters. The molecule has 1 rings (SSSR count). The summed E-state index contributed by atoms with van der Waals surface area (Å²) in [6.45, 7) is 4.35. The molecular weight excluding hydrogens is 322 g/mol. The second kappa shape index (κ2) is 13.9. The molecule has 0 radical (unpaired) electrons. The van der Waals surface area contributed by atoms with Crippen molar-refractivity contribution in [1.29, 1.82) is 0 Å². The summed E-state index contributed by atoms with van der Waals surface area (Å²) in [5.74, 6) is 0.835. The van der Waals surface area contributed by atoms with E-state index >= 15 is 0 Å². The third kappa shape index (κ3) is 9.65. The Labute approximate surface area is 152 Å². The van der Waals surface area contributed by atoms with Crippen LogP contribution in [0.3, 0.4) is 0 Å². The van der Waals surface area contributed by atoms with Crippen LogP contribution in [0.5, 0.6) is 0 Å². The lowest BCUT2D eigenvalue weighted by Crippen LogP contribution is -2.47. The molecule has 25 heavy (non-hydrogen) atoms. The van der Waals surface area contributed by atoms with Crippen molar-refractivity contribution in [3.63, 3.8) is 0 Å². The van der Waals surface area contributed by atoms with Crippen molar-refractivity contribution in [3.05, 3.63) is 0 Å². The predicted molar refractivity (Wildman–Crippen MR) is 98.9 cm³/mol. The van der Waals surface area contributed by atoms with Crippen molar-refractivity contribution < 1.29 is 19.0 Å². The lowest BCUT2D eigenvalue weighted by molar-refractivity contribution is -0.140. The van der Waals surface area contributed by atoms with Crippen molar-refractivity contribution >= 4 is 11.9 Å². The van der Waals surface area contributed by atoms with Gasteiger partial charge in [-0.2, -0.15) is 0 Å². The number of esters is 1. The number of hydrogen-bond acceptors (Lipinski definition) is 5. The smallest absolute Gasteiger partial charge is 0.305 e. The summed E-state index contributed by atoms with van der Waals surface area (Å²) in [4.78, 5) is 17.7. The van der Waals surface area contributed by atoms with Crippen LogP contribution in [0.25, 0.3) is 0 Å². The van der Waals surface area contributed by atoms with Gasteiger partial charge in [-0.05, 0) is 32.1 Å². The molecule has 0 saturated carbocycles. The van der Waals surface area contributed by atoms with Crippen molar-refractivity contribution in [2.24, 2.45) is 4.99 Å². The zero-order chi connectivity index (χ0) is 18.3. The van der Waals surface area contributed by atoms with E-state index in [1.165, 1.54) is 7.11 Å². The number of methoxy groups -OCH3 is 2. The fourth-order valence-electron chi connectivity index (χ4n) is 2.89. The van der Waals surface area contributed by atoms with Gasteiger partial charge in [0, 0.05) is 53.4 Å². The number of piperidine rings is 1. The summed E-state index contributed by atoms with van der Waals surface area (Å²) in [5, 5.41) is 3.42. The normalized spacial score (nSPS) is 16.1. The average molecular weight is 357 g/mol. The Morgan fingerprint density at radius 3 is 2.52 bits per heavy atom. The maximum atomic E-state index is 11.1. The third-order valence-corrected chi connectivity index (χ3v) is 4.37. The van der Waals surface area contributed by atoms with Gasteiger partial charge in [-0.3, -0.25) is 9.79 Å². The molecule has 0 aromatic carbocycles. The van der Waals surface area contributed by atoms with Gasteiger partial charge in [-0.1, -0.05) is 6.42 Å². The first kappa shape index (κ1) is 21.7. The van der Waals surface area contributed by atoms with Gasteiger partial charge >= 0.3 is 5.97 Å². The first-order valence-electron chi connectivity index (χ1n) is 9.34. The molecule has 7 heteroatoms. The molecule has 0 aromatic heterocycles. The fourth-order valence-corrected chi connectivity index (χ4v) is 2.89. The van der Waals surface area contributed by atoms with E-state index < -0.39 is 0 Å². The predicted octanol–water partition coefficient (Wildman–Crippen LogP) is 1.81. The minimum Gasteiger partial charge on any atom is -0.469 e. The molecule has 0 aromatic rings. The van der Waals surface area contributed by atoms with Gasteiger partial charge in [0.1, 0.15) is 0 Å². The minimum atomic E-state index is -0.129. The molecule has 0 unspecified atom stereocenters. The second-order valence-electron chi connectivity index (χ2n) is 6.26. The van der Waals surface area contributed by atoms with E-state index in [2.05, 4.69) is 19.9 Å². The number of guanidine groups is 1. The minimum absolute atomic E-state index is 0.129. The first-order valence-corrected chi connectivity index (χ1v) is 9.34. The van der Waals surface area contributed by atoms with Gasteiger partial charge in [0.2, 0.25) is 0 Å². The van der Waals surface area contributed by atoms with Crippen LogP contribution in [0.4, 0.5) is 0 Å². The van der Waals surface area contributed by atoms with Crippen LogP contribution in [0.1, 0.15) is 44.9 Å². The number of nitrogens with one attached hydrogen (secondary N) is 1. The topological polar surface area (TPSA) is 72.4 Å². The summed E-state index contributed by atoms with van der Waals surface area (Å²) in [6.07, 6.45) is 6.78. The van der Waals surface area contributed by atoms with Crippen LogP contribution >= 0.6 is 0 Å². The molecule has 146 valence electrons. The average Bonchev–Trinajstić information content (AvgIpc) is 2.65. The van der Waals surface area contributed by atoms with Crippen LogP contribution in [-0.2, 0) is 19.0 Å². The van der Waals surface area contributed by atoms with E-state index in [0.717, 1.165) is 77.3 Å². The Morgan fingerprint density at radius 1 is 1.12 bits per heavy atom. The molecule has 0 spiro atoms. The monoisotopic (exact) mass is 357 g/mol. The standard InChI is InChI=1S/C18H35N3O4/c1-19-18(20-11-6-4-5-8-17(22)24-3)21-12-9-16(10-13-21)25-15-7-14-23-2/h16H,4-15H2,1-3H3,(H,19,20). The Hall–Kier alpha value is -1.34. The number of unbranched alkanes of at least 4 members (excludes halogenated alkanes) is 2. The molecule has 1 heterocycles. The highest BCUT2D eigenvalue weighted by Crippen LogP contribution is 2.14. The van der Waals surface area contributed by atoms with Gasteiger partial charge in [0.25, 0.3) is 0 Å². The quantitative estimate of drug-likeness (QED) is 0.263. The van der Waals surface area contributed by atoms with E-state index in [1.54, 1.807) is 7.11 Å². The van der Waals surface area contributed by atoms with Gasteiger partial charge in [0.05, 0.1) is 13.2 Å². The molecule has 1 aliphatic rings. The van der Waals surface area contributed by atoms with Gasteiger partial charge < -0.3 is 24.4 Å². The highest BCUT2D eigenvalue weighted by molar-refractivity contribution is 5.79. The number of ether oxygens (including phenoxy) is 3. The van der Waals surface area contributed by atoms with Crippen molar-refractivity contribution in [1.82, 2.24) is 10.2 Å². The van der Waals surface area contributed by atoms with E-state index in [1.807, 2.05) is 7.05 Å². The number of rotatable bonds is 11. The molecule has 0 bridgehead atoms. The van der Waals surface area contributed by atoms with E-state index in [0.29, 0.717) is 12.5 Å². The van der Waals surface area contributed by atoms with Crippen molar-refractivity contribution in [2.45, 2.75) is 51.0 Å². The van der Waals surface area contributed by atoms with Gasteiger partial charge in [-0.25, -0.2) is 0 Å². The van der Waals surface area contributed by atoms with Crippen molar-refractivity contribution in [3.8, 4) is 0 Å². The number of likely N-dealkylation sites (tertiary alicyclic amines) is 1. The molecular formula is C18H35N3O4. The summed E-state index contributed by atoms with van der Waals surface area (Å²) in [6, 6.07) is 0. The summed E-state index contributed by atoms with van der Waals surface area (Å²) < 4.78 is 15.6. The van der Waals surface area contributed by atoms with Crippen LogP contribution < -0.4 is 5.32 Å². The number of nitrogens with zero attached hydrogens (tertiary/aromatic N) is 2. The number of aliphatic imine (C=N–C) groups is 1. The van der Waals surface area contributed by atoms with Crippen LogP contribution in [0.2, 0.25) is 0 Å². The molecule has 0 amide bonds. The maximum absolute atomic E-state index is 11.1. The summed E-state index contributed by atoms with van der Waals surface area (Å²) in [5.41, 5.74) is 0. The Balaban J connectivity index is 2.12. The van der Waals surface area contributed by atoms with Crippen LogP contribution in [-0.4, -0.2) is 77.0 Å². The molecule has 0 aliphatic carbocycles. The molecule has 1 N–H and O–H groups in total. The summed E-state index contributed by atoms with van der Waals surface area (Å²) >= 11 is 0. The Bertz CT molecular complexity index is 383. The van der Waals surface area contributed by atoms with Gasteiger partial charge in [-0.15, -0.1) is 0 Å². The van der Waals surface area contributed by atoms with E-state index in [4.69, 9.17) is 9.47 Å². The highest BCUT2D eigenvalue weighted by atomic mass is 16.5. The zero-order valence-electron chi connectivity index (χ0n) is 16.1. The van der Waals surface area contributed by atoms with Gasteiger partial charge in [0.15, 0.2) is 5.96 Å². The fraction of sp³-hybridized carbons (Fsp3) is 0.889. The van der Waals surface area contributed by atoms with E-state index in [9.17, 15) is 4.79 Å². The van der Waals surface area contributed by atoms with E-state index in [-0.39, 0.29) is 5.97 Å². The maximum Gasteiger partial charge on any atom is 0.305 e. The first-order chi connectivity index (χ1) is 12.2.